The van der Waals surface area contributed by atoms with Crippen LogP contribution in [0.5, 0.6) is 0 Å². The molecule has 1 saturated heterocycles. The highest BCUT2D eigenvalue weighted by Gasteiger charge is 2.26. The summed E-state index contributed by atoms with van der Waals surface area (Å²) in [5.41, 5.74) is 2.49. The Morgan fingerprint density at radius 1 is 1.00 bits per heavy atom. The quantitative estimate of drug-likeness (QED) is 0.491. The minimum absolute atomic E-state index is 0.0280. The van der Waals surface area contributed by atoms with Gasteiger partial charge in [0.2, 0.25) is 0 Å². The molecule has 0 bridgehead atoms. The first kappa shape index (κ1) is 25.0. The minimum atomic E-state index is -3.85. The van der Waals surface area contributed by atoms with Gasteiger partial charge in [-0.3, -0.25) is 14.4 Å². The molecular formula is C26H31N3O5S. The van der Waals surface area contributed by atoms with Gasteiger partial charge >= 0.3 is 0 Å². The van der Waals surface area contributed by atoms with Crippen LogP contribution in [0, 0.1) is 20.8 Å². The van der Waals surface area contributed by atoms with E-state index in [1.54, 1.807) is 25.1 Å². The molecule has 1 aromatic heterocycles. The lowest BCUT2D eigenvalue weighted by Gasteiger charge is -2.33. The summed E-state index contributed by atoms with van der Waals surface area (Å²) in [6.07, 6.45) is 0. The van der Waals surface area contributed by atoms with Gasteiger partial charge in [0.25, 0.3) is 15.9 Å². The lowest BCUT2D eigenvalue weighted by atomic mass is 10.1. The molecule has 3 aromatic rings. The maximum absolute atomic E-state index is 13.2. The SMILES string of the molecule is Cc1ccc(NS(=O)(=O)c2ccc(C)c(C(=O)NCC(c3ccc(C)o3)N3CCOCC3)c2)cc1. The predicted octanol–water partition coefficient (Wildman–Crippen LogP) is 3.81. The van der Waals surface area contributed by atoms with E-state index in [-0.39, 0.29) is 16.8 Å². The van der Waals surface area contributed by atoms with Crippen LogP contribution >= 0.6 is 0 Å². The first-order chi connectivity index (χ1) is 16.7. The van der Waals surface area contributed by atoms with Crippen molar-refractivity contribution in [1.82, 2.24) is 10.2 Å². The number of benzene rings is 2. The fourth-order valence-corrected chi connectivity index (χ4v) is 5.15. The monoisotopic (exact) mass is 497 g/mol. The Morgan fingerprint density at radius 2 is 1.71 bits per heavy atom. The zero-order valence-corrected chi connectivity index (χ0v) is 21.0. The number of amides is 1. The minimum Gasteiger partial charge on any atom is -0.465 e. The van der Waals surface area contributed by atoms with Crippen LogP contribution in [0.25, 0.3) is 0 Å². The Labute approximate surface area is 206 Å². The summed E-state index contributed by atoms with van der Waals surface area (Å²) in [4.78, 5) is 15.4. The second-order valence-electron chi connectivity index (χ2n) is 8.77. The summed E-state index contributed by atoms with van der Waals surface area (Å²) < 4.78 is 39.8. The summed E-state index contributed by atoms with van der Waals surface area (Å²) in [5.74, 6) is 1.25. The maximum atomic E-state index is 13.2. The van der Waals surface area contributed by atoms with Gasteiger partial charge in [-0.05, 0) is 62.7 Å². The molecule has 2 aromatic carbocycles. The Hall–Kier alpha value is -3.14. The molecule has 0 spiro atoms. The zero-order chi connectivity index (χ0) is 25.0. The lowest BCUT2D eigenvalue weighted by Crippen LogP contribution is -2.43. The van der Waals surface area contributed by atoms with E-state index in [1.807, 2.05) is 38.1 Å². The largest absolute Gasteiger partial charge is 0.465 e. The predicted molar refractivity (Wildman–Crippen MR) is 134 cm³/mol. The summed E-state index contributed by atoms with van der Waals surface area (Å²) in [5, 5.41) is 2.98. The molecule has 2 N–H and O–H groups in total. The molecule has 1 atom stereocenters. The van der Waals surface area contributed by atoms with Gasteiger partial charge in [0.1, 0.15) is 11.5 Å². The molecule has 0 saturated carbocycles. The molecule has 1 aliphatic heterocycles. The Kier molecular flexibility index (Phi) is 7.59. The third kappa shape index (κ3) is 6.11. The van der Waals surface area contributed by atoms with Crippen molar-refractivity contribution >= 4 is 21.6 Å². The number of furan rings is 1. The highest BCUT2D eigenvalue weighted by molar-refractivity contribution is 7.92. The van der Waals surface area contributed by atoms with E-state index in [9.17, 15) is 13.2 Å². The Balaban J connectivity index is 1.51. The van der Waals surface area contributed by atoms with E-state index in [4.69, 9.17) is 9.15 Å². The van der Waals surface area contributed by atoms with Gasteiger partial charge in [-0.2, -0.15) is 0 Å². The molecule has 1 amide bonds. The number of nitrogens with one attached hydrogen (secondary N) is 2. The van der Waals surface area contributed by atoms with Gasteiger partial charge in [0.15, 0.2) is 0 Å². The van der Waals surface area contributed by atoms with Crippen molar-refractivity contribution in [2.45, 2.75) is 31.7 Å². The standard InChI is InChI=1S/C26H31N3O5S/c1-18-4-8-21(9-5-18)28-35(31,32)22-10-6-19(2)23(16-22)26(30)27-17-24(25-11-7-20(3)34-25)29-12-14-33-15-13-29/h4-11,16,24,28H,12-15,17H2,1-3H3,(H,27,30). The van der Waals surface area contributed by atoms with Crippen LogP contribution in [0.15, 0.2) is 63.9 Å². The number of ether oxygens (including phenoxy) is 1. The molecule has 2 heterocycles. The fraction of sp³-hybridized carbons (Fsp3) is 0.346. The molecule has 1 fully saturated rings. The van der Waals surface area contributed by atoms with Crippen LogP contribution in [0.4, 0.5) is 5.69 Å². The van der Waals surface area contributed by atoms with Gasteiger partial charge < -0.3 is 14.5 Å². The van der Waals surface area contributed by atoms with Gasteiger partial charge in [-0.25, -0.2) is 8.42 Å². The number of nitrogens with zero attached hydrogens (tertiary/aromatic N) is 1. The van der Waals surface area contributed by atoms with Crippen LogP contribution in [0.2, 0.25) is 0 Å². The van der Waals surface area contributed by atoms with Crippen LogP contribution < -0.4 is 10.0 Å². The topological polar surface area (TPSA) is 101 Å². The Morgan fingerprint density at radius 3 is 2.37 bits per heavy atom. The summed E-state index contributed by atoms with van der Waals surface area (Å²) in [7, 11) is -3.85. The van der Waals surface area contributed by atoms with Crippen LogP contribution in [0.3, 0.4) is 0 Å². The third-order valence-corrected chi connectivity index (χ3v) is 7.48. The number of morpholine rings is 1. The Bertz CT molecular complexity index is 1280. The molecule has 1 aliphatic rings. The first-order valence-electron chi connectivity index (χ1n) is 11.6. The number of sulfonamides is 1. The van der Waals surface area contributed by atoms with Crippen molar-refractivity contribution in [3.05, 3.63) is 82.8 Å². The van der Waals surface area contributed by atoms with Crippen LogP contribution in [-0.4, -0.2) is 52.1 Å². The fourth-order valence-electron chi connectivity index (χ4n) is 4.06. The van der Waals surface area contributed by atoms with E-state index in [0.717, 1.165) is 30.2 Å². The molecule has 1 unspecified atom stereocenters. The highest BCUT2D eigenvalue weighted by Crippen LogP contribution is 2.24. The van der Waals surface area contributed by atoms with Crippen molar-refractivity contribution in [3.63, 3.8) is 0 Å². The van der Waals surface area contributed by atoms with Gasteiger partial charge in [0.05, 0.1) is 24.2 Å². The maximum Gasteiger partial charge on any atom is 0.261 e. The normalized spacial score (nSPS) is 15.5. The summed E-state index contributed by atoms with van der Waals surface area (Å²) in [6.45, 7) is 8.64. The lowest BCUT2D eigenvalue weighted by molar-refractivity contribution is 0.0117. The van der Waals surface area contributed by atoms with E-state index in [2.05, 4.69) is 14.9 Å². The average molecular weight is 498 g/mol. The molecule has 0 aliphatic carbocycles. The molecule has 4 rings (SSSR count). The first-order valence-corrected chi connectivity index (χ1v) is 13.1. The van der Waals surface area contributed by atoms with Crippen molar-refractivity contribution in [2.24, 2.45) is 0 Å². The average Bonchev–Trinajstić information content (AvgIpc) is 3.27. The molecule has 0 radical (unpaired) electrons. The van der Waals surface area contributed by atoms with E-state index in [0.29, 0.717) is 36.6 Å². The zero-order valence-electron chi connectivity index (χ0n) is 20.2. The molecule has 35 heavy (non-hydrogen) atoms. The van der Waals surface area contributed by atoms with Crippen molar-refractivity contribution < 1.29 is 22.4 Å². The smallest absolute Gasteiger partial charge is 0.261 e. The number of hydrogen-bond acceptors (Lipinski definition) is 6. The van der Waals surface area contributed by atoms with Crippen LogP contribution in [-0.2, 0) is 14.8 Å². The molecule has 9 heteroatoms. The van der Waals surface area contributed by atoms with Crippen LogP contribution in [0.1, 0.15) is 39.0 Å². The van der Waals surface area contributed by atoms with E-state index < -0.39 is 10.0 Å². The highest BCUT2D eigenvalue weighted by atomic mass is 32.2. The van der Waals surface area contributed by atoms with Gasteiger partial charge in [-0.15, -0.1) is 0 Å². The molecule has 8 nitrogen and oxygen atoms in total. The number of rotatable bonds is 8. The number of carbonyl (C=O) groups excluding carboxylic acids is 1. The molecular weight excluding hydrogens is 466 g/mol. The number of anilines is 1. The van der Waals surface area contributed by atoms with E-state index in [1.165, 1.54) is 12.1 Å². The number of aryl methyl sites for hydroxylation is 3. The second kappa shape index (κ2) is 10.6. The van der Waals surface area contributed by atoms with Crippen molar-refractivity contribution in [3.8, 4) is 0 Å². The summed E-state index contributed by atoms with van der Waals surface area (Å²) >= 11 is 0. The van der Waals surface area contributed by atoms with Crippen molar-refractivity contribution in [2.75, 3.05) is 37.6 Å². The second-order valence-corrected chi connectivity index (χ2v) is 10.5. The van der Waals surface area contributed by atoms with E-state index >= 15 is 0 Å². The van der Waals surface area contributed by atoms with Gasteiger partial charge in [-0.1, -0.05) is 23.8 Å². The molecule has 186 valence electrons. The van der Waals surface area contributed by atoms with Gasteiger partial charge in [0, 0.05) is 30.9 Å². The van der Waals surface area contributed by atoms with Crippen molar-refractivity contribution in [1.29, 1.82) is 0 Å². The summed E-state index contributed by atoms with van der Waals surface area (Å²) in [6, 6.07) is 15.3. The third-order valence-electron chi connectivity index (χ3n) is 6.10. The number of hydrogen-bond donors (Lipinski definition) is 2. The number of carbonyl (C=O) groups is 1.